The average molecular weight is 646 g/mol. The first kappa shape index (κ1) is 29.7. The molecular weight excluding hydrogens is 641 g/mol. The molecule has 32 heavy (non-hydrogen) atoms. The Morgan fingerprint density at radius 3 is 1.41 bits per heavy atom. The Bertz CT molecular complexity index is 1420. The molecule has 0 aromatic heterocycles. The van der Waals surface area contributed by atoms with E-state index in [0.29, 0.717) is 0 Å². The van der Waals surface area contributed by atoms with E-state index in [1.807, 2.05) is 0 Å². The van der Waals surface area contributed by atoms with Gasteiger partial charge in [-0.15, -0.1) is 0 Å². The third kappa shape index (κ3) is 7.59. The number of rotatable bonds is 5. The molecule has 0 aliphatic rings. The molecule has 0 heterocycles. The van der Waals surface area contributed by atoms with E-state index in [-0.39, 0.29) is 15.5 Å². The molecule has 0 spiro atoms. The zero-order chi connectivity index (χ0) is 25.2. The highest BCUT2D eigenvalue weighted by Gasteiger charge is 2.29. The van der Waals surface area contributed by atoms with Crippen LogP contribution in [-0.4, -0.2) is 35.7 Å². The maximum atomic E-state index is 11.3. The van der Waals surface area contributed by atoms with Crippen LogP contribution >= 0.6 is 78.5 Å². The van der Waals surface area contributed by atoms with Crippen LogP contribution in [0, 0.1) is 0 Å². The van der Waals surface area contributed by atoms with E-state index in [2.05, 4.69) is 0 Å². The third-order valence-electron chi connectivity index (χ3n) is 3.22. The summed E-state index contributed by atoms with van der Waals surface area (Å²) in [5.74, 6) is 0. The minimum atomic E-state index is -4.54. The molecule has 0 bridgehead atoms. The molecule has 0 unspecified atom stereocenters. The summed E-state index contributed by atoms with van der Waals surface area (Å²) in [6.07, 6.45) is 0. The molecule has 2 aromatic rings. The fraction of sp³-hybridized carbons (Fsp3) is 0. The Balaban J connectivity index is 0.000000330. The quantitative estimate of drug-likeness (QED) is 0.404. The van der Waals surface area contributed by atoms with Crippen molar-refractivity contribution in [2.24, 2.45) is 0 Å². The number of halogens is 7. The number of carbonyl (C=O) groups excluding carboxylic acids is 2. The van der Waals surface area contributed by atoms with Crippen molar-refractivity contribution in [3.05, 3.63) is 51.5 Å². The van der Waals surface area contributed by atoms with Gasteiger partial charge in [-0.1, -0.05) is 29.3 Å². The lowest BCUT2D eigenvalue weighted by atomic mass is 10.2. The second-order valence-corrected chi connectivity index (χ2v) is 14.2. The zero-order valence-electron chi connectivity index (χ0n) is 14.5. The van der Waals surface area contributed by atoms with E-state index in [0.717, 1.165) is 12.1 Å². The van der Waals surface area contributed by atoms with Crippen LogP contribution in [0.15, 0.2) is 45.0 Å². The SMILES string of the molecule is O=C(Cl)c1ccc(S(=O)(=O)Cl)c(S(=O)(=O)Cl)c1Cl.O=C(Cl)c1cccc(S(=O)(=O)Cl)c1Cl. The second kappa shape index (κ2) is 10.9. The van der Waals surface area contributed by atoms with Gasteiger partial charge >= 0.3 is 0 Å². The van der Waals surface area contributed by atoms with Crippen LogP contribution in [0.5, 0.6) is 0 Å². The van der Waals surface area contributed by atoms with Crippen LogP contribution < -0.4 is 0 Å². The van der Waals surface area contributed by atoms with Crippen molar-refractivity contribution in [3.8, 4) is 0 Å². The first-order chi connectivity index (χ1) is 14.3. The standard InChI is InChI=1S/C7H2Cl4O5S2.C7H3Cl3O3S/c8-5-3(7(9)12)1-2-4(17(10,13)14)6(5)18(11,15)16;8-6-4(7(9)11)2-1-3-5(6)14(10,12)13/h1-2H;1-3H. The predicted octanol–water partition coefficient (Wildman–Crippen LogP) is 5.22. The number of hydrogen-bond donors (Lipinski definition) is 0. The Hall–Kier alpha value is -0.340. The first-order valence-electron chi connectivity index (χ1n) is 7.14. The summed E-state index contributed by atoms with van der Waals surface area (Å²) in [5.41, 5.74) is -0.489. The van der Waals surface area contributed by atoms with Crippen molar-refractivity contribution in [2.75, 3.05) is 0 Å². The Morgan fingerprint density at radius 2 is 1.03 bits per heavy atom. The van der Waals surface area contributed by atoms with Gasteiger partial charge in [-0.3, -0.25) is 9.59 Å². The summed E-state index contributed by atoms with van der Waals surface area (Å²) in [7, 11) is 2.27. The van der Waals surface area contributed by atoms with Crippen LogP contribution in [-0.2, 0) is 27.2 Å². The normalized spacial score (nSPS) is 12.0. The maximum Gasteiger partial charge on any atom is 0.264 e. The van der Waals surface area contributed by atoms with Crippen molar-refractivity contribution < 1.29 is 34.8 Å². The molecule has 8 nitrogen and oxygen atoms in total. The van der Waals surface area contributed by atoms with E-state index >= 15 is 0 Å². The zero-order valence-corrected chi connectivity index (χ0v) is 22.3. The largest absolute Gasteiger partial charge is 0.276 e. The summed E-state index contributed by atoms with van der Waals surface area (Å²) in [5, 5.41) is -2.87. The minimum Gasteiger partial charge on any atom is -0.276 e. The molecule has 0 saturated carbocycles. The van der Waals surface area contributed by atoms with E-state index < -0.39 is 58.0 Å². The van der Waals surface area contributed by atoms with E-state index in [1.54, 1.807) is 0 Å². The highest BCUT2D eigenvalue weighted by atomic mass is 35.7. The molecule has 0 atom stereocenters. The maximum absolute atomic E-state index is 11.3. The molecule has 0 fully saturated rings. The second-order valence-electron chi connectivity index (χ2n) is 5.23. The van der Waals surface area contributed by atoms with Gasteiger partial charge in [0.05, 0.1) is 21.2 Å². The van der Waals surface area contributed by atoms with Gasteiger partial charge in [0, 0.05) is 32.0 Å². The third-order valence-corrected chi connectivity index (χ3v) is 8.88. The molecule has 2 rings (SSSR count). The van der Waals surface area contributed by atoms with Gasteiger partial charge in [0.15, 0.2) is 0 Å². The fourth-order valence-electron chi connectivity index (χ4n) is 1.96. The molecule has 0 aliphatic heterocycles. The molecule has 176 valence electrons. The highest BCUT2D eigenvalue weighted by Crippen LogP contribution is 2.36. The van der Waals surface area contributed by atoms with E-state index in [4.69, 9.17) is 78.5 Å². The molecular formula is C14H5Cl7O8S3. The molecule has 0 N–H and O–H groups in total. The smallest absolute Gasteiger partial charge is 0.264 e. The Morgan fingerprint density at radius 1 is 0.594 bits per heavy atom. The van der Waals surface area contributed by atoms with Crippen molar-refractivity contribution >= 4 is 116 Å². The number of carbonyl (C=O) groups is 2. The van der Waals surface area contributed by atoms with Gasteiger partial charge in [-0.2, -0.15) is 0 Å². The lowest BCUT2D eigenvalue weighted by Gasteiger charge is -2.08. The van der Waals surface area contributed by atoms with Gasteiger partial charge < -0.3 is 0 Å². The van der Waals surface area contributed by atoms with Gasteiger partial charge in [-0.25, -0.2) is 25.3 Å². The van der Waals surface area contributed by atoms with Gasteiger partial charge in [0.1, 0.15) is 14.7 Å². The summed E-state index contributed by atoms with van der Waals surface area (Å²) in [6.45, 7) is 0. The lowest BCUT2D eigenvalue weighted by molar-refractivity contribution is 0.107. The van der Waals surface area contributed by atoms with E-state index in [9.17, 15) is 34.8 Å². The fourth-order valence-corrected chi connectivity index (χ4v) is 7.67. The monoisotopic (exact) mass is 642 g/mol. The Kier molecular flexibility index (Phi) is 10.1. The molecule has 0 amide bonds. The summed E-state index contributed by atoms with van der Waals surface area (Å²) in [6, 6.07) is 5.53. The molecule has 0 saturated heterocycles. The van der Waals surface area contributed by atoms with Crippen molar-refractivity contribution in [1.29, 1.82) is 0 Å². The molecule has 18 heteroatoms. The van der Waals surface area contributed by atoms with Crippen LogP contribution in [0.2, 0.25) is 10.0 Å². The van der Waals surface area contributed by atoms with Crippen LogP contribution in [0.1, 0.15) is 20.7 Å². The summed E-state index contributed by atoms with van der Waals surface area (Å²) >= 11 is 21.5. The predicted molar refractivity (Wildman–Crippen MR) is 122 cm³/mol. The molecule has 0 aliphatic carbocycles. The van der Waals surface area contributed by atoms with Gasteiger partial charge in [-0.05, 0) is 47.5 Å². The summed E-state index contributed by atoms with van der Waals surface area (Å²) in [4.78, 5) is 19.6. The van der Waals surface area contributed by atoms with Crippen molar-refractivity contribution in [2.45, 2.75) is 14.7 Å². The minimum absolute atomic E-state index is 0.0879. The molecule has 0 radical (unpaired) electrons. The molecule has 2 aromatic carbocycles. The van der Waals surface area contributed by atoms with E-state index in [1.165, 1.54) is 18.2 Å². The average Bonchev–Trinajstić information content (AvgIpc) is 2.58. The number of benzene rings is 2. The highest BCUT2D eigenvalue weighted by molar-refractivity contribution is 8.16. The van der Waals surface area contributed by atoms with Crippen LogP contribution in [0.4, 0.5) is 0 Å². The van der Waals surface area contributed by atoms with Crippen molar-refractivity contribution in [3.63, 3.8) is 0 Å². The van der Waals surface area contributed by atoms with Crippen LogP contribution in [0.3, 0.4) is 0 Å². The lowest BCUT2D eigenvalue weighted by Crippen LogP contribution is -2.05. The number of hydrogen-bond acceptors (Lipinski definition) is 8. The van der Waals surface area contributed by atoms with Gasteiger partial charge in [0.2, 0.25) is 0 Å². The van der Waals surface area contributed by atoms with Crippen molar-refractivity contribution in [1.82, 2.24) is 0 Å². The summed E-state index contributed by atoms with van der Waals surface area (Å²) < 4.78 is 66.9. The van der Waals surface area contributed by atoms with Crippen LogP contribution in [0.25, 0.3) is 0 Å². The first-order valence-corrected chi connectivity index (χ1v) is 15.6. The topological polar surface area (TPSA) is 137 Å². The Labute approximate surface area is 215 Å². The van der Waals surface area contributed by atoms with Gasteiger partial charge in [0.25, 0.3) is 37.6 Å².